The second-order valence-corrected chi connectivity index (χ2v) is 10.1. The number of rotatable bonds is 6. The summed E-state index contributed by atoms with van der Waals surface area (Å²) in [6.07, 6.45) is 8.59. The average Bonchev–Trinajstić information content (AvgIpc) is 3.53. The molecule has 3 amide bonds. The minimum atomic E-state index is -0.653. The maximum Gasteiger partial charge on any atom is 0.266 e. The molecule has 36 heavy (non-hydrogen) atoms. The molecule has 1 fully saturated rings. The van der Waals surface area contributed by atoms with Gasteiger partial charge in [-0.2, -0.15) is 0 Å². The van der Waals surface area contributed by atoms with E-state index in [0.717, 1.165) is 36.1 Å². The van der Waals surface area contributed by atoms with E-state index in [1.165, 1.54) is 17.8 Å². The summed E-state index contributed by atoms with van der Waals surface area (Å²) in [5.74, 6) is -0.618. The van der Waals surface area contributed by atoms with Gasteiger partial charge in [0.2, 0.25) is 5.91 Å². The number of nitrogens with two attached hydrogens (primary N) is 1. The maximum atomic E-state index is 13.0. The second kappa shape index (κ2) is 9.94. The van der Waals surface area contributed by atoms with Crippen molar-refractivity contribution in [2.24, 2.45) is 11.7 Å². The van der Waals surface area contributed by atoms with Crippen LogP contribution in [-0.2, 0) is 4.79 Å². The van der Waals surface area contributed by atoms with Crippen molar-refractivity contribution in [2.75, 3.05) is 17.3 Å². The predicted molar refractivity (Wildman–Crippen MR) is 142 cm³/mol. The summed E-state index contributed by atoms with van der Waals surface area (Å²) < 4.78 is 0. The molecule has 1 aliphatic rings. The molecule has 1 aromatic carbocycles. The Morgan fingerprint density at radius 3 is 2.53 bits per heavy atom. The van der Waals surface area contributed by atoms with Crippen molar-refractivity contribution in [2.45, 2.75) is 32.1 Å². The molecule has 1 aliphatic carbocycles. The number of benzene rings is 1. The number of anilines is 2. The lowest BCUT2D eigenvalue weighted by Gasteiger charge is -2.26. The molecule has 0 unspecified atom stereocenters. The van der Waals surface area contributed by atoms with Gasteiger partial charge in [0.15, 0.2) is 0 Å². The van der Waals surface area contributed by atoms with Gasteiger partial charge in [0.1, 0.15) is 5.82 Å². The Labute approximate surface area is 212 Å². The number of amides is 3. The highest BCUT2D eigenvalue weighted by Gasteiger charge is 2.26. The third-order valence-electron chi connectivity index (χ3n) is 6.73. The molecule has 0 aliphatic heterocycles. The van der Waals surface area contributed by atoms with E-state index in [1.807, 2.05) is 24.3 Å². The molecule has 0 atom stereocenters. The number of fused-ring (bicyclic) bond motifs is 1. The van der Waals surface area contributed by atoms with Crippen molar-refractivity contribution in [1.29, 1.82) is 0 Å². The van der Waals surface area contributed by atoms with E-state index in [-0.39, 0.29) is 29.1 Å². The van der Waals surface area contributed by atoms with Crippen LogP contribution in [0.1, 0.15) is 52.1 Å². The zero-order valence-electron chi connectivity index (χ0n) is 19.9. The summed E-state index contributed by atoms with van der Waals surface area (Å²) in [7, 11) is 1.77. The third kappa shape index (κ3) is 4.61. The SMILES string of the molecule is CN(C(=O)C1CCCCC1)c1ccc2c(C(N)=O)c(NC(=O)c3ccc(-c4ccncc4)s3)[nH]c2c1. The first-order valence-electron chi connectivity index (χ1n) is 12.0. The zero-order valence-corrected chi connectivity index (χ0v) is 20.7. The van der Waals surface area contributed by atoms with Crippen LogP contribution >= 0.6 is 11.3 Å². The standard InChI is InChI=1S/C27H27N5O3S/c1-32(27(35)17-5-3-2-4-6-17)18-7-8-19-20(15-18)30-25(23(19)24(28)33)31-26(34)22-10-9-21(36-22)16-11-13-29-14-12-16/h7-15,17,30H,2-6H2,1H3,(H2,28,33)(H,31,34). The number of primary amides is 1. The van der Waals surface area contributed by atoms with Crippen molar-refractivity contribution in [1.82, 2.24) is 9.97 Å². The molecule has 0 radical (unpaired) electrons. The van der Waals surface area contributed by atoms with Crippen molar-refractivity contribution in [3.8, 4) is 10.4 Å². The third-order valence-corrected chi connectivity index (χ3v) is 7.87. The molecule has 1 saturated carbocycles. The number of hydrogen-bond donors (Lipinski definition) is 3. The topological polar surface area (TPSA) is 121 Å². The molecular formula is C27H27N5O3S. The van der Waals surface area contributed by atoms with Crippen molar-refractivity contribution >= 4 is 51.5 Å². The molecule has 0 spiro atoms. The monoisotopic (exact) mass is 501 g/mol. The van der Waals surface area contributed by atoms with Crippen LogP contribution in [0.4, 0.5) is 11.5 Å². The first-order valence-corrected chi connectivity index (χ1v) is 12.8. The summed E-state index contributed by atoms with van der Waals surface area (Å²) in [6.45, 7) is 0. The van der Waals surface area contributed by atoms with E-state index in [4.69, 9.17) is 5.73 Å². The number of hydrogen-bond acceptors (Lipinski definition) is 5. The van der Waals surface area contributed by atoms with Gasteiger partial charge >= 0.3 is 0 Å². The summed E-state index contributed by atoms with van der Waals surface area (Å²) in [5, 5.41) is 3.39. The molecule has 4 N–H and O–H groups in total. The van der Waals surface area contributed by atoms with Crippen LogP contribution in [0, 0.1) is 5.92 Å². The van der Waals surface area contributed by atoms with Gasteiger partial charge in [-0.15, -0.1) is 11.3 Å². The number of aromatic amines is 1. The normalized spacial score (nSPS) is 14.0. The van der Waals surface area contributed by atoms with Gasteiger partial charge in [-0.25, -0.2) is 0 Å². The molecule has 8 nitrogen and oxygen atoms in total. The van der Waals surface area contributed by atoms with Crippen LogP contribution in [0.25, 0.3) is 21.3 Å². The first kappa shape index (κ1) is 23.7. The number of aromatic nitrogens is 2. The van der Waals surface area contributed by atoms with Gasteiger partial charge < -0.3 is 20.9 Å². The molecule has 0 bridgehead atoms. The van der Waals surface area contributed by atoms with E-state index in [1.54, 1.807) is 42.5 Å². The van der Waals surface area contributed by atoms with E-state index in [2.05, 4.69) is 15.3 Å². The van der Waals surface area contributed by atoms with Gasteiger partial charge in [-0.1, -0.05) is 19.3 Å². The van der Waals surface area contributed by atoms with Crippen LogP contribution in [-0.4, -0.2) is 34.7 Å². The number of nitrogens with zero attached hydrogens (tertiary/aromatic N) is 2. The number of carbonyl (C=O) groups excluding carboxylic acids is 3. The van der Waals surface area contributed by atoms with Gasteiger partial charge in [0.05, 0.1) is 10.4 Å². The van der Waals surface area contributed by atoms with Crippen LogP contribution < -0.4 is 16.0 Å². The van der Waals surface area contributed by atoms with Crippen LogP contribution in [0.2, 0.25) is 0 Å². The lowest BCUT2D eigenvalue weighted by atomic mass is 9.88. The highest BCUT2D eigenvalue weighted by atomic mass is 32.1. The molecule has 184 valence electrons. The second-order valence-electron chi connectivity index (χ2n) is 9.06. The highest BCUT2D eigenvalue weighted by Crippen LogP contribution is 2.33. The Balaban J connectivity index is 1.41. The zero-order chi connectivity index (χ0) is 25.2. The van der Waals surface area contributed by atoms with E-state index >= 15 is 0 Å². The highest BCUT2D eigenvalue weighted by molar-refractivity contribution is 7.17. The summed E-state index contributed by atoms with van der Waals surface area (Å²) in [6, 6.07) is 12.7. The molecule has 9 heteroatoms. The van der Waals surface area contributed by atoms with Crippen LogP contribution in [0.3, 0.4) is 0 Å². The molecule has 4 aromatic rings. The smallest absolute Gasteiger partial charge is 0.266 e. The predicted octanol–water partition coefficient (Wildman–Crippen LogP) is 5.19. The van der Waals surface area contributed by atoms with Gasteiger partial charge in [-0.05, 0) is 60.9 Å². The number of pyridine rings is 1. The van der Waals surface area contributed by atoms with Gasteiger partial charge in [-0.3, -0.25) is 19.4 Å². The summed E-state index contributed by atoms with van der Waals surface area (Å²) >= 11 is 1.34. The average molecular weight is 502 g/mol. The molecule has 5 rings (SSSR count). The molecular weight excluding hydrogens is 474 g/mol. The Kier molecular flexibility index (Phi) is 6.56. The lowest BCUT2D eigenvalue weighted by molar-refractivity contribution is -0.123. The van der Waals surface area contributed by atoms with Crippen molar-refractivity contribution in [3.63, 3.8) is 0 Å². The number of H-pyrrole nitrogens is 1. The van der Waals surface area contributed by atoms with E-state index < -0.39 is 5.91 Å². The largest absolute Gasteiger partial charge is 0.365 e. The van der Waals surface area contributed by atoms with E-state index in [9.17, 15) is 14.4 Å². The fourth-order valence-corrected chi connectivity index (χ4v) is 5.71. The quantitative estimate of drug-likeness (QED) is 0.337. The Hall–Kier alpha value is -3.98. The van der Waals surface area contributed by atoms with Crippen molar-refractivity contribution < 1.29 is 14.4 Å². The Morgan fingerprint density at radius 2 is 1.81 bits per heavy atom. The van der Waals surface area contributed by atoms with Crippen LogP contribution in [0.5, 0.6) is 0 Å². The summed E-state index contributed by atoms with van der Waals surface area (Å²) in [4.78, 5) is 48.6. The van der Waals surface area contributed by atoms with E-state index in [0.29, 0.717) is 21.5 Å². The lowest BCUT2D eigenvalue weighted by Crippen LogP contribution is -2.33. The molecule has 3 heterocycles. The summed E-state index contributed by atoms with van der Waals surface area (Å²) in [5.41, 5.74) is 8.19. The number of thiophene rings is 1. The Morgan fingerprint density at radius 1 is 1.06 bits per heavy atom. The fraction of sp³-hybridized carbons (Fsp3) is 0.259. The fourth-order valence-electron chi connectivity index (χ4n) is 4.80. The maximum absolute atomic E-state index is 13.0. The van der Waals surface area contributed by atoms with Crippen molar-refractivity contribution in [3.05, 3.63) is 65.3 Å². The Bertz CT molecular complexity index is 1440. The molecule has 3 aromatic heterocycles. The molecule has 0 saturated heterocycles. The minimum absolute atomic E-state index is 0.0435. The number of nitrogens with one attached hydrogen (secondary N) is 2. The van der Waals surface area contributed by atoms with Gasteiger partial charge in [0, 0.05) is 46.8 Å². The first-order chi connectivity index (χ1) is 17.4. The van der Waals surface area contributed by atoms with Gasteiger partial charge in [0.25, 0.3) is 11.8 Å². The number of carbonyl (C=O) groups is 3. The minimum Gasteiger partial charge on any atom is -0.365 e. The van der Waals surface area contributed by atoms with Crippen LogP contribution in [0.15, 0.2) is 54.9 Å².